The summed E-state index contributed by atoms with van der Waals surface area (Å²) in [6.07, 6.45) is 13.6. The highest BCUT2D eigenvalue weighted by Crippen LogP contribution is 2.24. The van der Waals surface area contributed by atoms with Crippen LogP contribution >= 0.6 is 0 Å². The first-order chi connectivity index (χ1) is 13.7. The standard InChI is InChI=1S/C24H33FN2O/c1-2-7-18(16-24(28)27-21-10-4-3-5-11-21)8-6-9-19-14-15-26-23-13-12-20(25)17-22(19)23/h12-15,17-18,21H,2-11,16H2,1H3,(H,27,28). The second kappa shape index (κ2) is 10.5. The van der Waals surface area contributed by atoms with Crippen molar-refractivity contribution in [2.45, 2.75) is 83.6 Å². The Kier molecular flexibility index (Phi) is 7.81. The molecule has 0 bridgehead atoms. The molecule has 0 aliphatic heterocycles. The smallest absolute Gasteiger partial charge is 0.220 e. The Bertz CT molecular complexity index is 770. The number of carbonyl (C=O) groups is 1. The van der Waals surface area contributed by atoms with Gasteiger partial charge in [0.05, 0.1) is 5.52 Å². The average molecular weight is 385 g/mol. The molecule has 0 radical (unpaired) electrons. The largest absolute Gasteiger partial charge is 0.353 e. The van der Waals surface area contributed by atoms with E-state index >= 15 is 0 Å². The SMILES string of the molecule is CCCC(CCCc1ccnc2ccc(F)cc12)CC(=O)NC1CCCCC1. The van der Waals surface area contributed by atoms with Gasteiger partial charge in [-0.05, 0) is 67.9 Å². The van der Waals surface area contributed by atoms with E-state index in [0.29, 0.717) is 18.4 Å². The third-order valence-electron chi connectivity index (χ3n) is 5.99. The molecule has 1 N–H and O–H groups in total. The van der Waals surface area contributed by atoms with Gasteiger partial charge in [0, 0.05) is 24.0 Å². The van der Waals surface area contributed by atoms with E-state index in [0.717, 1.165) is 61.4 Å². The van der Waals surface area contributed by atoms with E-state index in [9.17, 15) is 9.18 Å². The van der Waals surface area contributed by atoms with Gasteiger partial charge in [-0.25, -0.2) is 4.39 Å². The summed E-state index contributed by atoms with van der Waals surface area (Å²) >= 11 is 0. The summed E-state index contributed by atoms with van der Waals surface area (Å²) in [7, 11) is 0. The van der Waals surface area contributed by atoms with Gasteiger partial charge in [0.1, 0.15) is 5.82 Å². The summed E-state index contributed by atoms with van der Waals surface area (Å²) in [6, 6.07) is 7.16. The van der Waals surface area contributed by atoms with Gasteiger partial charge in [-0.2, -0.15) is 0 Å². The first kappa shape index (κ1) is 20.8. The summed E-state index contributed by atoms with van der Waals surface area (Å²) in [4.78, 5) is 16.8. The maximum absolute atomic E-state index is 13.6. The Morgan fingerprint density at radius 3 is 2.82 bits per heavy atom. The van der Waals surface area contributed by atoms with Gasteiger partial charge in [0.2, 0.25) is 5.91 Å². The Labute approximate surface area is 168 Å². The van der Waals surface area contributed by atoms with Crippen LogP contribution < -0.4 is 5.32 Å². The van der Waals surface area contributed by atoms with Gasteiger partial charge in [0.25, 0.3) is 0 Å². The maximum Gasteiger partial charge on any atom is 0.220 e. The number of hydrogen-bond acceptors (Lipinski definition) is 2. The lowest BCUT2D eigenvalue weighted by Gasteiger charge is -2.24. The van der Waals surface area contributed by atoms with Gasteiger partial charge in [-0.1, -0.05) is 39.0 Å². The van der Waals surface area contributed by atoms with Crippen LogP contribution in [0.25, 0.3) is 10.9 Å². The number of nitrogens with one attached hydrogen (secondary N) is 1. The number of nitrogens with zero attached hydrogens (tertiary/aromatic N) is 1. The molecule has 1 heterocycles. The summed E-state index contributed by atoms with van der Waals surface area (Å²) in [6.45, 7) is 2.19. The molecule has 2 aromatic rings. The van der Waals surface area contributed by atoms with Crippen molar-refractivity contribution in [2.75, 3.05) is 0 Å². The second-order valence-electron chi connectivity index (χ2n) is 8.29. The molecule has 1 atom stereocenters. The second-order valence-corrected chi connectivity index (χ2v) is 8.29. The number of amides is 1. The monoisotopic (exact) mass is 384 g/mol. The molecule has 1 amide bonds. The molecule has 28 heavy (non-hydrogen) atoms. The molecule has 1 aliphatic carbocycles. The van der Waals surface area contributed by atoms with Crippen molar-refractivity contribution in [3.05, 3.63) is 41.8 Å². The van der Waals surface area contributed by atoms with Crippen molar-refractivity contribution >= 4 is 16.8 Å². The zero-order chi connectivity index (χ0) is 19.8. The van der Waals surface area contributed by atoms with Gasteiger partial charge < -0.3 is 5.32 Å². The van der Waals surface area contributed by atoms with Gasteiger partial charge in [-0.15, -0.1) is 0 Å². The van der Waals surface area contributed by atoms with Gasteiger partial charge in [-0.3, -0.25) is 9.78 Å². The van der Waals surface area contributed by atoms with Crippen molar-refractivity contribution in [3.63, 3.8) is 0 Å². The van der Waals surface area contributed by atoms with Crippen LogP contribution in [0.1, 0.15) is 76.7 Å². The molecule has 152 valence electrons. The lowest BCUT2D eigenvalue weighted by Crippen LogP contribution is -2.37. The highest BCUT2D eigenvalue weighted by molar-refractivity contribution is 5.82. The maximum atomic E-state index is 13.6. The normalized spacial score (nSPS) is 16.2. The van der Waals surface area contributed by atoms with Crippen molar-refractivity contribution < 1.29 is 9.18 Å². The molecule has 0 spiro atoms. The molecule has 1 aromatic carbocycles. The average Bonchev–Trinajstić information content (AvgIpc) is 2.69. The minimum atomic E-state index is -0.218. The van der Waals surface area contributed by atoms with E-state index in [4.69, 9.17) is 0 Å². The number of benzene rings is 1. The minimum Gasteiger partial charge on any atom is -0.353 e. The van der Waals surface area contributed by atoms with E-state index in [1.807, 2.05) is 6.07 Å². The molecule has 1 unspecified atom stereocenters. The highest BCUT2D eigenvalue weighted by Gasteiger charge is 2.18. The predicted octanol–water partition coefficient (Wildman–Crippen LogP) is 5.95. The topological polar surface area (TPSA) is 42.0 Å². The molecule has 3 nitrogen and oxygen atoms in total. The Morgan fingerprint density at radius 2 is 2.04 bits per heavy atom. The third kappa shape index (κ3) is 6.02. The Balaban J connectivity index is 1.52. The van der Waals surface area contributed by atoms with Crippen LogP contribution in [0.3, 0.4) is 0 Å². The summed E-state index contributed by atoms with van der Waals surface area (Å²) in [5.41, 5.74) is 1.99. The van der Waals surface area contributed by atoms with Crippen LogP contribution in [0.5, 0.6) is 0 Å². The van der Waals surface area contributed by atoms with E-state index in [2.05, 4.69) is 17.2 Å². The van der Waals surface area contributed by atoms with E-state index in [1.54, 1.807) is 18.3 Å². The number of halogens is 1. The lowest BCUT2D eigenvalue weighted by atomic mass is 9.91. The number of rotatable bonds is 9. The lowest BCUT2D eigenvalue weighted by molar-refractivity contribution is -0.123. The molecule has 1 aromatic heterocycles. The molecular weight excluding hydrogens is 351 g/mol. The van der Waals surface area contributed by atoms with E-state index < -0.39 is 0 Å². The number of carbonyl (C=O) groups excluding carboxylic acids is 1. The fraction of sp³-hybridized carbons (Fsp3) is 0.583. The molecule has 3 rings (SSSR count). The fourth-order valence-corrected chi connectivity index (χ4v) is 4.53. The highest BCUT2D eigenvalue weighted by atomic mass is 19.1. The van der Waals surface area contributed by atoms with E-state index in [-0.39, 0.29) is 11.7 Å². The molecule has 1 fully saturated rings. The first-order valence-corrected chi connectivity index (χ1v) is 11.0. The van der Waals surface area contributed by atoms with Crippen LogP contribution in [0.2, 0.25) is 0 Å². The minimum absolute atomic E-state index is 0.218. The van der Waals surface area contributed by atoms with Crippen LogP contribution in [0, 0.1) is 11.7 Å². The zero-order valence-corrected chi connectivity index (χ0v) is 17.1. The molecule has 4 heteroatoms. The van der Waals surface area contributed by atoms with Crippen molar-refractivity contribution in [1.29, 1.82) is 0 Å². The van der Waals surface area contributed by atoms with Gasteiger partial charge in [0.15, 0.2) is 0 Å². The van der Waals surface area contributed by atoms with Gasteiger partial charge >= 0.3 is 0 Å². The van der Waals surface area contributed by atoms with Crippen LogP contribution in [-0.4, -0.2) is 16.9 Å². The Hall–Kier alpha value is -1.97. The first-order valence-electron chi connectivity index (χ1n) is 11.0. The number of fused-ring (bicyclic) bond motifs is 1. The number of aromatic nitrogens is 1. The van der Waals surface area contributed by atoms with Crippen LogP contribution in [-0.2, 0) is 11.2 Å². The van der Waals surface area contributed by atoms with Crippen LogP contribution in [0.4, 0.5) is 4.39 Å². The summed E-state index contributed by atoms with van der Waals surface area (Å²) in [5, 5.41) is 4.16. The van der Waals surface area contributed by atoms with Crippen molar-refractivity contribution in [1.82, 2.24) is 10.3 Å². The molecular formula is C24H33FN2O. The summed E-state index contributed by atoms with van der Waals surface area (Å²) in [5.74, 6) is 0.435. The van der Waals surface area contributed by atoms with Crippen molar-refractivity contribution in [3.8, 4) is 0 Å². The molecule has 1 aliphatic rings. The fourth-order valence-electron chi connectivity index (χ4n) is 4.53. The van der Waals surface area contributed by atoms with E-state index in [1.165, 1.54) is 25.3 Å². The summed E-state index contributed by atoms with van der Waals surface area (Å²) < 4.78 is 13.6. The number of pyridine rings is 1. The zero-order valence-electron chi connectivity index (χ0n) is 17.1. The third-order valence-corrected chi connectivity index (χ3v) is 5.99. The quantitative estimate of drug-likeness (QED) is 0.580. The molecule has 1 saturated carbocycles. The van der Waals surface area contributed by atoms with Crippen LogP contribution in [0.15, 0.2) is 30.5 Å². The predicted molar refractivity (Wildman–Crippen MR) is 113 cm³/mol. The molecule has 0 saturated heterocycles. The number of hydrogen-bond donors (Lipinski definition) is 1. The number of aryl methyl sites for hydroxylation is 1. The Morgan fingerprint density at radius 1 is 1.21 bits per heavy atom. The van der Waals surface area contributed by atoms with Crippen molar-refractivity contribution in [2.24, 2.45) is 5.92 Å².